The normalized spacial score (nSPS) is 37.4. The molecule has 34 heavy (non-hydrogen) atoms. The van der Waals surface area contributed by atoms with Gasteiger partial charge in [-0.2, -0.15) is 0 Å². The first kappa shape index (κ1) is 25.6. The molecule has 2 aliphatic carbocycles. The van der Waals surface area contributed by atoms with Gasteiger partial charge in [-0.1, -0.05) is 0 Å². The molecule has 2 aliphatic heterocycles. The Bertz CT molecular complexity index is 716. The van der Waals surface area contributed by atoms with E-state index in [9.17, 15) is 28.4 Å². The molecule has 0 aromatic heterocycles. The average Bonchev–Trinajstić information content (AvgIpc) is 3.18. The fourth-order valence-electron chi connectivity index (χ4n) is 5.93. The van der Waals surface area contributed by atoms with Crippen molar-refractivity contribution in [3.05, 3.63) is 0 Å². The maximum absolute atomic E-state index is 15.0. The summed E-state index contributed by atoms with van der Waals surface area (Å²) in [5.41, 5.74) is 0. The van der Waals surface area contributed by atoms with Crippen LogP contribution in [0.2, 0.25) is 5.82 Å². The molecular weight excluding hydrogens is 451 g/mol. The van der Waals surface area contributed by atoms with E-state index in [1.54, 1.807) is 4.90 Å². The van der Waals surface area contributed by atoms with Gasteiger partial charge in [-0.25, -0.2) is 13.6 Å². The highest BCUT2D eigenvalue weighted by molar-refractivity contribution is 6.43. The second-order valence-electron chi connectivity index (χ2n) is 10.1. The third-order valence-electron chi connectivity index (χ3n) is 7.88. The summed E-state index contributed by atoms with van der Waals surface area (Å²) in [4.78, 5) is 28.5. The molecule has 0 bridgehead atoms. The Morgan fingerprint density at radius 1 is 1.09 bits per heavy atom. The molecule has 4 fully saturated rings. The van der Waals surface area contributed by atoms with Crippen LogP contribution in [0.3, 0.4) is 0 Å². The Labute approximate surface area is 199 Å². The maximum atomic E-state index is 15.0. The fraction of sp³-hybridized carbons (Fsp3) is 0.909. The standard InChI is InChI=1S/C22H36BF2N3O6/c24-18-9-14(1-3-17(18)23(31)32)10-21(29)26-12-16-13-28(22(30)34-16)15-2-4-20(19(25)11-15)27-5-7-33-8-6-27/h14-20,31-32H,1-13H2,(H,26,29)/t14?,15?,16-,17?,18?,19?,20?/m0/s1. The van der Waals surface area contributed by atoms with E-state index in [2.05, 4.69) is 10.2 Å². The number of rotatable bonds is 7. The highest BCUT2D eigenvalue weighted by Gasteiger charge is 2.43. The predicted octanol–water partition coefficient (Wildman–Crippen LogP) is 0.886. The third-order valence-corrected chi connectivity index (χ3v) is 7.88. The molecule has 0 aromatic rings. The summed E-state index contributed by atoms with van der Waals surface area (Å²) >= 11 is 0. The zero-order valence-corrected chi connectivity index (χ0v) is 19.5. The summed E-state index contributed by atoms with van der Waals surface area (Å²) in [6, 6.07) is -0.340. The van der Waals surface area contributed by atoms with E-state index < -0.39 is 37.5 Å². The maximum Gasteiger partial charge on any atom is 0.457 e. The number of morpholine rings is 1. The van der Waals surface area contributed by atoms with Gasteiger partial charge in [0.25, 0.3) is 0 Å². The zero-order chi connectivity index (χ0) is 24.2. The topological polar surface area (TPSA) is 112 Å². The van der Waals surface area contributed by atoms with Crippen LogP contribution < -0.4 is 5.32 Å². The van der Waals surface area contributed by atoms with Gasteiger partial charge < -0.3 is 29.7 Å². The molecule has 4 aliphatic rings. The lowest BCUT2D eigenvalue weighted by molar-refractivity contribution is -0.122. The lowest BCUT2D eigenvalue weighted by Gasteiger charge is -2.42. The Hall–Kier alpha value is -1.50. The number of ether oxygens (including phenoxy) is 2. The van der Waals surface area contributed by atoms with Crippen molar-refractivity contribution in [1.29, 1.82) is 0 Å². The van der Waals surface area contributed by atoms with Gasteiger partial charge in [-0.05, 0) is 38.0 Å². The molecule has 6 unspecified atom stereocenters. The molecule has 0 radical (unpaired) electrons. The van der Waals surface area contributed by atoms with Crippen LogP contribution in [0.5, 0.6) is 0 Å². The number of carbonyl (C=O) groups excluding carboxylic acids is 2. The first-order valence-corrected chi connectivity index (χ1v) is 12.5. The van der Waals surface area contributed by atoms with Crippen LogP contribution in [0.4, 0.5) is 13.6 Å². The molecule has 2 amide bonds. The molecule has 7 atom stereocenters. The zero-order valence-electron chi connectivity index (χ0n) is 19.5. The molecule has 2 heterocycles. The highest BCUT2D eigenvalue weighted by Crippen LogP contribution is 2.37. The Morgan fingerprint density at radius 2 is 1.85 bits per heavy atom. The lowest BCUT2D eigenvalue weighted by Crippen LogP contribution is -2.53. The van der Waals surface area contributed by atoms with Gasteiger partial charge >= 0.3 is 13.2 Å². The molecule has 2 saturated carbocycles. The van der Waals surface area contributed by atoms with Gasteiger partial charge in [-0.3, -0.25) is 9.69 Å². The van der Waals surface area contributed by atoms with E-state index in [-0.39, 0.29) is 49.7 Å². The molecule has 0 aromatic carbocycles. The first-order valence-electron chi connectivity index (χ1n) is 12.5. The summed E-state index contributed by atoms with van der Waals surface area (Å²) < 4.78 is 39.8. The number of nitrogens with zero attached hydrogens (tertiary/aromatic N) is 2. The van der Waals surface area contributed by atoms with E-state index in [0.29, 0.717) is 45.4 Å². The van der Waals surface area contributed by atoms with E-state index >= 15 is 0 Å². The molecular formula is C22H36BF2N3O6. The number of halogens is 2. The van der Waals surface area contributed by atoms with Crippen LogP contribution in [-0.2, 0) is 14.3 Å². The SMILES string of the molecule is O=C(CC1CCC(B(O)O)C(F)C1)NC[C@H]1CN(C2CCC(N3CCOCC3)C(F)C2)C(=O)O1. The number of amides is 2. The first-order chi connectivity index (χ1) is 16.3. The molecule has 0 spiro atoms. The van der Waals surface area contributed by atoms with Crippen LogP contribution in [-0.4, -0.2) is 109 Å². The van der Waals surface area contributed by atoms with Crippen LogP contribution in [0.1, 0.15) is 44.9 Å². The minimum atomic E-state index is -1.67. The van der Waals surface area contributed by atoms with Crippen molar-refractivity contribution >= 4 is 19.1 Å². The lowest BCUT2D eigenvalue weighted by atomic mass is 9.62. The molecule has 12 heteroatoms. The van der Waals surface area contributed by atoms with Crippen molar-refractivity contribution in [2.24, 2.45) is 5.92 Å². The minimum absolute atomic E-state index is 0.124. The molecule has 9 nitrogen and oxygen atoms in total. The van der Waals surface area contributed by atoms with Crippen LogP contribution in [0.25, 0.3) is 0 Å². The van der Waals surface area contributed by atoms with Crippen molar-refractivity contribution in [2.75, 3.05) is 39.4 Å². The summed E-state index contributed by atoms with van der Waals surface area (Å²) in [5.74, 6) is -1.20. The highest BCUT2D eigenvalue weighted by atomic mass is 19.1. The van der Waals surface area contributed by atoms with Gasteiger partial charge in [0.2, 0.25) is 5.91 Å². The van der Waals surface area contributed by atoms with Gasteiger partial charge in [-0.15, -0.1) is 0 Å². The number of cyclic esters (lactones) is 1. The number of alkyl halides is 2. The fourth-order valence-corrected chi connectivity index (χ4v) is 5.93. The smallest absolute Gasteiger partial charge is 0.442 e. The van der Waals surface area contributed by atoms with Crippen molar-refractivity contribution in [2.45, 2.75) is 81.3 Å². The third kappa shape index (κ3) is 6.19. The van der Waals surface area contributed by atoms with Crippen molar-refractivity contribution in [3.63, 3.8) is 0 Å². The van der Waals surface area contributed by atoms with Gasteiger partial charge in [0, 0.05) is 43.8 Å². The Kier molecular flexibility index (Phi) is 8.65. The largest absolute Gasteiger partial charge is 0.457 e. The van der Waals surface area contributed by atoms with E-state index in [4.69, 9.17) is 9.47 Å². The summed E-state index contributed by atoms with van der Waals surface area (Å²) in [6.45, 7) is 3.19. The molecule has 2 saturated heterocycles. The molecule has 3 N–H and O–H groups in total. The molecule has 192 valence electrons. The van der Waals surface area contributed by atoms with Gasteiger partial charge in [0.05, 0.1) is 26.3 Å². The van der Waals surface area contributed by atoms with Gasteiger partial charge in [0.1, 0.15) is 18.4 Å². The Balaban J connectivity index is 1.18. The van der Waals surface area contributed by atoms with Crippen molar-refractivity contribution in [3.8, 4) is 0 Å². The van der Waals surface area contributed by atoms with E-state index in [0.717, 1.165) is 13.1 Å². The van der Waals surface area contributed by atoms with Crippen molar-refractivity contribution in [1.82, 2.24) is 15.1 Å². The van der Waals surface area contributed by atoms with E-state index in [1.165, 1.54) is 0 Å². The van der Waals surface area contributed by atoms with Gasteiger partial charge in [0.15, 0.2) is 0 Å². The second kappa shape index (κ2) is 11.5. The average molecular weight is 487 g/mol. The summed E-state index contributed by atoms with van der Waals surface area (Å²) in [7, 11) is -1.67. The monoisotopic (exact) mass is 487 g/mol. The van der Waals surface area contributed by atoms with E-state index in [1.807, 2.05) is 0 Å². The second-order valence-corrected chi connectivity index (χ2v) is 10.1. The number of hydrogen-bond acceptors (Lipinski definition) is 7. The number of nitrogens with one attached hydrogen (secondary N) is 1. The van der Waals surface area contributed by atoms with Crippen LogP contribution in [0, 0.1) is 5.92 Å². The van der Waals surface area contributed by atoms with Crippen LogP contribution in [0.15, 0.2) is 0 Å². The minimum Gasteiger partial charge on any atom is -0.442 e. The summed E-state index contributed by atoms with van der Waals surface area (Å²) in [6.07, 6.45) is -0.482. The predicted molar refractivity (Wildman–Crippen MR) is 119 cm³/mol. The number of carbonyl (C=O) groups is 2. The molecule has 4 rings (SSSR count). The Morgan fingerprint density at radius 3 is 2.53 bits per heavy atom. The number of hydrogen-bond donors (Lipinski definition) is 3. The van der Waals surface area contributed by atoms with Crippen molar-refractivity contribution < 1.29 is 37.9 Å². The van der Waals surface area contributed by atoms with Crippen LogP contribution >= 0.6 is 0 Å². The summed E-state index contributed by atoms with van der Waals surface area (Å²) in [5, 5.41) is 21.2. The quantitative estimate of drug-likeness (QED) is 0.458.